The maximum absolute atomic E-state index is 5.18. The van der Waals surface area contributed by atoms with Crippen LogP contribution in [0, 0.1) is 5.92 Å². The minimum Gasteiger partial charge on any atom is -0.381 e. The summed E-state index contributed by atoms with van der Waals surface area (Å²) in [6.07, 6.45) is 2.63. The zero-order valence-electron chi connectivity index (χ0n) is 6.81. The summed E-state index contributed by atoms with van der Waals surface area (Å²) in [5, 5.41) is 0. The SMILES string of the molecule is CC.CC1CCCOC1. The van der Waals surface area contributed by atoms with Crippen LogP contribution in [0.4, 0.5) is 0 Å². The normalized spacial score (nSPS) is 26.3. The number of hydrogen-bond donors (Lipinski definition) is 0. The molecule has 1 aliphatic heterocycles. The molecule has 0 N–H and O–H groups in total. The van der Waals surface area contributed by atoms with Crippen molar-refractivity contribution in [1.82, 2.24) is 0 Å². The van der Waals surface area contributed by atoms with Crippen molar-refractivity contribution in [3.05, 3.63) is 0 Å². The first kappa shape index (κ1) is 8.96. The largest absolute Gasteiger partial charge is 0.381 e. The molecule has 1 rings (SSSR count). The average Bonchev–Trinajstić information content (AvgIpc) is 1.94. The quantitative estimate of drug-likeness (QED) is 0.489. The van der Waals surface area contributed by atoms with Gasteiger partial charge in [-0.3, -0.25) is 0 Å². The van der Waals surface area contributed by atoms with Crippen LogP contribution in [0.5, 0.6) is 0 Å². The molecule has 0 spiro atoms. The highest BCUT2D eigenvalue weighted by molar-refractivity contribution is 4.55. The molecule has 1 aliphatic rings. The molecule has 0 bridgehead atoms. The highest BCUT2D eigenvalue weighted by Crippen LogP contribution is 2.10. The molecule has 1 fully saturated rings. The van der Waals surface area contributed by atoms with Gasteiger partial charge in [-0.15, -0.1) is 0 Å². The lowest BCUT2D eigenvalue weighted by atomic mass is 10.1. The predicted octanol–water partition coefficient (Wildman–Crippen LogP) is 2.46. The molecule has 0 aromatic heterocycles. The molecule has 1 saturated heterocycles. The van der Waals surface area contributed by atoms with Gasteiger partial charge >= 0.3 is 0 Å². The van der Waals surface area contributed by atoms with Gasteiger partial charge in [0.05, 0.1) is 0 Å². The van der Waals surface area contributed by atoms with Gasteiger partial charge < -0.3 is 4.74 Å². The summed E-state index contributed by atoms with van der Waals surface area (Å²) in [5.74, 6) is 0.814. The maximum Gasteiger partial charge on any atom is 0.0491 e. The van der Waals surface area contributed by atoms with E-state index in [1.807, 2.05) is 13.8 Å². The van der Waals surface area contributed by atoms with Crippen LogP contribution in [-0.4, -0.2) is 13.2 Å². The molecule has 9 heavy (non-hydrogen) atoms. The Morgan fingerprint density at radius 2 is 2.00 bits per heavy atom. The van der Waals surface area contributed by atoms with E-state index in [1.54, 1.807) is 0 Å². The van der Waals surface area contributed by atoms with E-state index < -0.39 is 0 Å². The van der Waals surface area contributed by atoms with Crippen LogP contribution in [0.2, 0.25) is 0 Å². The molecule has 0 saturated carbocycles. The third kappa shape index (κ3) is 4.46. The zero-order valence-corrected chi connectivity index (χ0v) is 6.81. The van der Waals surface area contributed by atoms with Gasteiger partial charge in [-0.25, -0.2) is 0 Å². The summed E-state index contributed by atoms with van der Waals surface area (Å²) in [5.41, 5.74) is 0. The van der Waals surface area contributed by atoms with Crippen molar-refractivity contribution in [3.8, 4) is 0 Å². The number of rotatable bonds is 0. The Kier molecular flexibility index (Phi) is 6.06. The van der Waals surface area contributed by atoms with E-state index >= 15 is 0 Å². The van der Waals surface area contributed by atoms with Gasteiger partial charge in [0.15, 0.2) is 0 Å². The molecule has 0 aliphatic carbocycles. The first-order valence-corrected chi connectivity index (χ1v) is 3.97. The molecule has 56 valence electrons. The van der Waals surface area contributed by atoms with Crippen LogP contribution in [0.25, 0.3) is 0 Å². The van der Waals surface area contributed by atoms with Crippen molar-refractivity contribution in [2.45, 2.75) is 33.6 Å². The molecule has 1 unspecified atom stereocenters. The van der Waals surface area contributed by atoms with Crippen LogP contribution in [0.3, 0.4) is 0 Å². The summed E-state index contributed by atoms with van der Waals surface area (Å²) in [6.45, 7) is 8.21. The van der Waals surface area contributed by atoms with E-state index in [2.05, 4.69) is 6.92 Å². The Morgan fingerprint density at radius 1 is 1.33 bits per heavy atom. The summed E-state index contributed by atoms with van der Waals surface area (Å²) in [6, 6.07) is 0. The lowest BCUT2D eigenvalue weighted by molar-refractivity contribution is 0.0616. The average molecular weight is 130 g/mol. The summed E-state index contributed by atoms with van der Waals surface area (Å²) in [7, 11) is 0. The molecule has 1 heterocycles. The van der Waals surface area contributed by atoms with E-state index in [0.29, 0.717) is 0 Å². The Hall–Kier alpha value is -0.0400. The minimum absolute atomic E-state index is 0.814. The van der Waals surface area contributed by atoms with Crippen molar-refractivity contribution in [2.24, 2.45) is 5.92 Å². The number of ether oxygens (including phenoxy) is 1. The highest BCUT2D eigenvalue weighted by Gasteiger charge is 2.06. The fraction of sp³-hybridized carbons (Fsp3) is 1.00. The Balaban J connectivity index is 0.000000291. The van der Waals surface area contributed by atoms with Crippen molar-refractivity contribution in [3.63, 3.8) is 0 Å². The van der Waals surface area contributed by atoms with Crippen LogP contribution >= 0.6 is 0 Å². The second-order valence-electron chi connectivity index (χ2n) is 2.32. The van der Waals surface area contributed by atoms with E-state index in [-0.39, 0.29) is 0 Å². The van der Waals surface area contributed by atoms with Crippen LogP contribution < -0.4 is 0 Å². The number of hydrogen-bond acceptors (Lipinski definition) is 1. The Morgan fingerprint density at radius 3 is 2.22 bits per heavy atom. The second-order valence-corrected chi connectivity index (χ2v) is 2.32. The second kappa shape index (κ2) is 6.09. The van der Waals surface area contributed by atoms with Gasteiger partial charge in [0.25, 0.3) is 0 Å². The van der Waals surface area contributed by atoms with Crippen molar-refractivity contribution < 1.29 is 4.74 Å². The molecule has 0 amide bonds. The van der Waals surface area contributed by atoms with E-state index in [4.69, 9.17) is 4.74 Å². The molecule has 1 nitrogen and oxygen atoms in total. The van der Waals surface area contributed by atoms with E-state index in [1.165, 1.54) is 12.8 Å². The molecule has 0 aromatic rings. The van der Waals surface area contributed by atoms with Gasteiger partial charge in [0, 0.05) is 13.2 Å². The van der Waals surface area contributed by atoms with Gasteiger partial charge in [0.1, 0.15) is 0 Å². The summed E-state index contributed by atoms with van der Waals surface area (Å²) >= 11 is 0. The van der Waals surface area contributed by atoms with Gasteiger partial charge in [0.2, 0.25) is 0 Å². The summed E-state index contributed by atoms with van der Waals surface area (Å²) in [4.78, 5) is 0. The standard InChI is InChI=1S/C6H12O.C2H6/c1-6-3-2-4-7-5-6;1-2/h6H,2-5H2,1H3;1-2H3. The molecular weight excluding hydrogens is 112 g/mol. The fourth-order valence-corrected chi connectivity index (χ4v) is 0.902. The first-order valence-electron chi connectivity index (χ1n) is 3.97. The molecular formula is C8H18O. The Labute approximate surface area is 58.4 Å². The van der Waals surface area contributed by atoms with Gasteiger partial charge in [-0.1, -0.05) is 20.8 Å². The monoisotopic (exact) mass is 130 g/mol. The molecule has 1 atom stereocenters. The first-order chi connectivity index (χ1) is 4.39. The fourth-order valence-electron chi connectivity index (χ4n) is 0.902. The molecule has 1 heteroatoms. The van der Waals surface area contributed by atoms with Crippen molar-refractivity contribution in [1.29, 1.82) is 0 Å². The Bertz CT molecular complexity index is 46.5. The van der Waals surface area contributed by atoms with Crippen molar-refractivity contribution in [2.75, 3.05) is 13.2 Å². The predicted molar refractivity (Wildman–Crippen MR) is 40.6 cm³/mol. The third-order valence-electron chi connectivity index (χ3n) is 1.39. The lowest BCUT2D eigenvalue weighted by Gasteiger charge is -2.16. The topological polar surface area (TPSA) is 9.23 Å². The summed E-state index contributed by atoms with van der Waals surface area (Å²) < 4.78 is 5.18. The smallest absolute Gasteiger partial charge is 0.0491 e. The van der Waals surface area contributed by atoms with Gasteiger partial charge in [-0.2, -0.15) is 0 Å². The minimum atomic E-state index is 0.814. The highest BCUT2D eigenvalue weighted by atomic mass is 16.5. The van der Waals surface area contributed by atoms with E-state index in [0.717, 1.165) is 19.1 Å². The maximum atomic E-state index is 5.18. The van der Waals surface area contributed by atoms with Gasteiger partial charge in [-0.05, 0) is 18.8 Å². The molecule has 0 aromatic carbocycles. The van der Waals surface area contributed by atoms with E-state index in [9.17, 15) is 0 Å². The lowest BCUT2D eigenvalue weighted by Crippen LogP contribution is -2.13. The van der Waals surface area contributed by atoms with Crippen LogP contribution in [-0.2, 0) is 4.74 Å². The van der Waals surface area contributed by atoms with Crippen LogP contribution in [0.15, 0.2) is 0 Å². The zero-order chi connectivity index (χ0) is 7.11. The molecule has 0 radical (unpaired) electrons. The third-order valence-corrected chi connectivity index (χ3v) is 1.39. The van der Waals surface area contributed by atoms with Crippen LogP contribution in [0.1, 0.15) is 33.6 Å². The van der Waals surface area contributed by atoms with Crippen molar-refractivity contribution >= 4 is 0 Å².